The first kappa shape index (κ1) is 9.34. The van der Waals surface area contributed by atoms with Gasteiger partial charge in [0.1, 0.15) is 0 Å². The van der Waals surface area contributed by atoms with E-state index in [-0.39, 0.29) is 23.6 Å². The Morgan fingerprint density at radius 1 is 1.54 bits per heavy atom. The van der Waals surface area contributed by atoms with Crippen molar-refractivity contribution < 1.29 is 9.72 Å². The Hall–Kier alpha value is -1.75. The van der Waals surface area contributed by atoms with Gasteiger partial charge in [0, 0.05) is 17.7 Å². The number of rotatable bonds is 3. The molecule has 13 heavy (non-hydrogen) atoms. The monoisotopic (exact) mass is 180 g/mol. The SMILES string of the molecule is NCC(=O)c1cccc([N+](=O)[O-])c1. The van der Waals surface area contributed by atoms with Gasteiger partial charge >= 0.3 is 0 Å². The maximum Gasteiger partial charge on any atom is 0.270 e. The Labute approximate surface area is 74.3 Å². The molecule has 5 heteroatoms. The van der Waals surface area contributed by atoms with Gasteiger partial charge in [-0.1, -0.05) is 12.1 Å². The van der Waals surface area contributed by atoms with Crippen molar-refractivity contribution in [1.29, 1.82) is 0 Å². The van der Waals surface area contributed by atoms with Crippen LogP contribution in [0.15, 0.2) is 24.3 Å². The van der Waals surface area contributed by atoms with Crippen molar-refractivity contribution in [3.63, 3.8) is 0 Å². The van der Waals surface area contributed by atoms with E-state index in [2.05, 4.69) is 0 Å². The molecule has 0 aromatic heterocycles. The Kier molecular flexibility index (Phi) is 2.71. The van der Waals surface area contributed by atoms with Gasteiger partial charge in [-0.2, -0.15) is 0 Å². The first-order valence-electron chi connectivity index (χ1n) is 3.63. The highest BCUT2D eigenvalue weighted by Gasteiger charge is 2.09. The average molecular weight is 180 g/mol. The predicted molar refractivity (Wildman–Crippen MR) is 46.5 cm³/mol. The van der Waals surface area contributed by atoms with Crippen LogP contribution in [0.3, 0.4) is 0 Å². The van der Waals surface area contributed by atoms with Crippen molar-refractivity contribution in [3.8, 4) is 0 Å². The fraction of sp³-hybridized carbons (Fsp3) is 0.125. The topological polar surface area (TPSA) is 86.2 Å². The summed E-state index contributed by atoms with van der Waals surface area (Å²) in [6.07, 6.45) is 0. The first-order valence-corrected chi connectivity index (χ1v) is 3.63. The smallest absolute Gasteiger partial charge is 0.270 e. The largest absolute Gasteiger partial charge is 0.324 e. The molecule has 68 valence electrons. The van der Waals surface area contributed by atoms with E-state index in [1.807, 2.05) is 0 Å². The summed E-state index contributed by atoms with van der Waals surface area (Å²) in [5.74, 6) is -0.302. The molecule has 0 aliphatic rings. The summed E-state index contributed by atoms with van der Waals surface area (Å²) in [7, 11) is 0. The summed E-state index contributed by atoms with van der Waals surface area (Å²) in [6.45, 7) is -0.138. The van der Waals surface area contributed by atoms with Gasteiger partial charge in [0.05, 0.1) is 11.5 Å². The molecule has 0 saturated heterocycles. The number of Topliss-reactive ketones (excluding diaryl/α,β-unsaturated/α-hetero) is 1. The molecule has 0 aliphatic carbocycles. The number of benzene rings is 1. The van der Waals surface area contributed by atoms with Gasteiger partial charge in [-0.25, -0.2) is 0 Å². The molecule has 1 aromatic rings. The van der Waals surface area contributed by atoms with Crippen molar-refractivity contribution in [2.45, 2.75) is 0 Å². The molecule has 0 fully saturated rings. The van der Waals surface area contributed by atoms with Crippen LogP contribution < -0.4 is 5.73 Å². The molecule has 0 amide bonds. The van der Waals surface area contributed by atoms with Crippen LogP contribution in [0.25, 0.3) is 0 Å². The standard InChI is InChI=1S/C8H8N2O3/c9-5-8(11)6-2-1-3-7(4-6)10(12)13/h1-4H,5,9H2. The minimum absolute atomic E-state index is 0.0979. The molecule has 0 aliphatic heterocycles. The second-order valence-corrected chi connectivity index (χ2v) is 2.43. The molecule has 5 nitrogen and oxygen atoms in total. The lowest BCUT2D eigenvalue weighted by Gasteiger charge is -1.96. The highest BCUT2D eigenvalue weighted by Crippen LogP contribution is 2.12. The van der Waals surface area contributed by atoms with Crippen LogP contribution in [-0.2, 0) is 0 Å². The number of nitro groups is 1. The molecule has 0 atom stereocenters. The fourth-order valence-corrected chi connectivity index (χ4v) is 0.911. The van der Waals surface area contributed by atoms with E-state index in [0.717, 1.165) is 0 Å². The van der Waals surface area contributed by atoms with E-state index < -0.39 is 4.92 Å². The second kappa shape index (κ2) is 3.77. The third kappa shape index (κ3) is 2.09. The fourth-order valence-electron chi connectivity index (χ4n) is 0.911. The van der Waals surface area contributed by atoms with Crippen molar-refractivity contribution in [3.05, 3.63) is 39.9 Å². The minimum Gasteiger partial charge on any atom is -0.324 e. The molecule has 0 radical (unpaired) electrons. The Balaban J connectivity index is 3.05. The second-order valence-electron chi connectivity index (χ2n) is 2.43. The van der Waals surface area contributed by atoms with Crippen molar-refractivity contribution in [2.75, 3.05) is 6.54 Å². The van der Waals surface area contributed by atoms with Gasteiger partial charge in [0.15, 0.2) is 5.78 Å². The van der Waals surface area contributed by atoms with Crippen LogP contribution in [0, 0.1) is 10.1 Å². The van der Waals surface area contributed by atoms with E-state index in [1.165, 1.54) is 24.3 Å². The molecule has 0 spiro atoms. The molecule has 1 aromatic carbocycles. The van der Waals surface area contributed by atoms with Gasteiger partial charge in [0.25, 0.3) is 5.69 Å². The van der Waals surface area contributed by atoms with Crippen LogP contribution in [0.1, 0.15) is 10.4 Å². The van der Waals surface area contributed by atoms with Crippen molar-refractivity contribution in [2.24, 2.45) is 5.73 Å². The van der Waals surface area contributed by atoms with Crippen LogP contribution >= 0.6 is 0 Å². The molecular weight excluding hydrogens is 172 g/mol. The molecule has 1 rings (SSSR count). The van der Waals surface area contributed by atoms with E-state index in [4.69, 9.17) is 5.73 Å². The highest BCUT2D eigenvalue weighted by atomic mass is 16.6. The summed E-state index contributed by atoms with van der Waals surface area (Å²) >= 11 is 0. The zero-order valence-electron chi connectivity index (χ0n) is 6.77. The van der Waals surface area contributed by atoms with Crippen molar-refractivity contribution >= 4 is 11.5 Å². The van der Waals surface area contributed by atoms with Crippen LogP contribution in [0.4, 0.5) is 5.69 Å². The van der Waals surface area contributed by atoms with Crippen LogP contribution in [0.5, 0.6) is 0 Å². The quantitative estimate of drug-likeness (QED) is 0.422. The van der Waals surface area contributed by atoms with Crippen molar-refractivity contribution in [1.82, 2.24) is 0 Å². The number of nitrogens with two attached hydrogens (primary N) is 1. The number of ketones is 1. The van der Waals surface area contributed by atoms with Gasteiger partial charge < -0.3 is 5.73 Å². The number of nitro benzene ring substituents is 1. The Bertz CT molecular complexity index is 349. The predicted octanol–water partition coefficient (Wildman–Crippen LogP) is 0.736. The lowest BCUT2D eigenvalue weighted by Crippen LogP contribution is -2.13. The first-order chi connectivity index (χ1) is 6.15. The number of hydrogen-bond donors (Lipinski definition) is 1. The lowest BCUT2D eigenvalue weighted by molar-refractivity contribution is -0.384. The summed E-state index contributed by atoms with van der Waals surface area (Å²) in [6, 6.07) is 5.51. The number of nitrogens with zero attached hydrogens (tertiary/aromatic N) is 1. The van der Waals surface area contributed by atoms with Gasteiger partial charge in [-0.3, -0.25) is 14.9 Å². The van der Waals surface area contributed by atoms with Crippen LogP contribution in [0.2, 0.25) is 0 Å². The number of hydrogen-bond acceptors (Lipinski definition) is 4. The molecule has 0 unspecified atom stereocenters. The average Bonchev–Trinajstić information content (AvgIpc) is 2.17. The normalized spacial score (nSPS) is 9.62. The van der Waals surface area contributed by atoms with Gasteiger partial charge in [-0.05, 0) is 0 Å². The summed E-state index contributed by atoms with van der Waals surface area (Å²) in [5, 5.41) is 10.3. The zero-order chi connectivity index (χ0) is 9.84. The highest BCUT2D eigenvalue weighted by molar-refractivity contribution is 5.97. The molecular formula is C8H8N2O3. The molecule has 0 bridgehead atoms. The third-order valence-corrected chi connectivity index (χ3v) is 1.56. The maximum atomic E-state index is 11.0. The van der Waals surface area contributed by atoms with E-state index in [0.29, 0.717) is 0 Å². The number of non-ortho nitro benzene ring substituents is 1. The van der Waals surface area contributed by atoms with Gasteiger partial charge in [-0.15, -0.1) is 0 Å². The number of carbonyl (C=O) groups excluding carboxylic acids is 1. The van der Waals surface area contributed by atoms with Crippen LogP contribution in [-0.4, -0.2) is 17.3 Å². The van der Waals surface area contributed by atoms with E-state index in [9.17, 15) is 14.9 Å². The Morgan fingerprint density at radius 2 is 2.23 bits per heavy atom. The van der Waals surface area contributed by atoms with Gasteiger partial charge in [0.2, 0.25) is 0 Å². The zero-order valence-corrected chi connectivity index (χ0v) is 6.77. The molecule has 0 saturated carbocycles. The number of carbonyl (C=O) groups is 1. The molecule has 2 N–H and O–H groups in total. The molecule has 0 heterocycles. The third-order valence-electron chi connectivity index (χ3n) is 1.56. The summed E-state index contributed by atoms with van der Waals surface area (Å²) < 4.78 is 0. The van der Waals surface area contributed by atoms with E-state index in [1.54, 1.807) is 0 Å². The Morgan fingerprint density at radius 3 is 2.77 bits per heavy atom. The van der Waals surface area contributed by atoms with E-state index >= 15 is 0 Å². The minimum atomic E-state index is -0.548. The summed E-state index contributed by atoms with van der Waals surface area (Å²) in [5.41, 5.74) is 5.29. The lowest BCUT2D eigenvalue weighted by atomic mass is 10.1. The summed E-state index contributed by atoms with van der Waals surface area (Å²) in [4.78, 5) is 20.8. The maximum absolute atomic E-state index is 11.0.